The summed E-state index contributed by atoms with van der Waals surface area (Å²) in [5, 5.41) is 0. The number of aromatic amines is 1. The van der Waals surface area contributed by atoms with Crippen molar-refractivity contribution in [3.8, 4) is 22.7 Å². The molecular formula is C16H13NO3. The smallest absolute Gasteiger partial charge is 0.340 e. The minimum atomic E-state index is -0.394. The predicted molar refractivity (Wildman–Crippen MR) is 75.3 cm³/mol. The number of furan rings is 1. The van der Waals surface area contributed by atoms with Gasteiger partial charge in [-0.3, -0.25) is 0 Å². The van der Waals surface area contributed by atoms with Gasteiger partial charge in [0.25, 0.3) is 0 Å². The molecule has 0 saturated carbocycles. The molecule has 0 atom stereocenters. The first-order chi connectivity index (χ1) is 9.79. The monoisotopic (exact) mass is 267 g/mol. The minimum Gasteiger partial charge on any atom is -0.465 e. The van der Waals surface area contributed by atoms with Gasteiger partial charge in [0.15, 0.2) is 5.76 Å². The molecule has 0 unspecified atom stereocenters. The number of carbonyl (C=O) groups excluding carboxylic acids is 1. The zero-order valence-corrected chi connectivity index (χ0v) is 10.9. The van der Waals surface area contributed by atoms with E-state index in [0.717, 1.165) is 11.3 Å². The number of hydrogen-bond donors (Lipinski definition) is 1. The third-order valence-corrected chi connectivity index (χ3v) is 3.08. The first-order valence-electron chi connectivity index (χ1n) is 6.20. The lowest BCUT2D eigenvalue weighted by molar-refractivity contribution is 0.0601. The van der Waals surface area contributed by atoms with Crippen LogP contribution in [0.25, 0.3) is 22.7 Å². The number of methoxy groups -OCH3 is 1. The SMILES string of the molecule is COC(=O)c1cc(-c2ccccc2)[nH]c1-c1ccco1. The molecule has 2 aromatic heterocycles. The van der Waals surface area contributed by atoms with Crippen LogP contribution < -0.4 is 0 Å². The van der Waals surface area contributed by atoms with E-state index < -0.39 is 5.97 Å². The first kappa shape index (κ1) is 12.3. The lowest BCUT2D eigenvalue weighted by Crippen LogP contribution is -2.01. The highest BCUT2D eigenvalue weighted by Crippen LogP contribution is 2.29. The van der Waals surface area contributed by atoms with Crippen LogP contribution in [0, 0.1) is 0 Å². The maximum Gasteiger partial charge on any atom is 0.340 e. The standard InChI is InChI=1S/C16H13NO3/c1-19-16(18)12-10-13(11-6-3-2-4-7-11)17-15(12)14-8-5-9-20-14/h2-10,17H,1H3. The van der Waals surface area contributed by atoms with Crippen molar-refractivity contribution in [2.24, 2.45) is 0 Å². The Hall–Kier alpha value is -2.75. The molecule has 4 heteroatoms. The van der Waals surface area contributed by atoms with E-state index in [1.807, 2.05) is 30.3 Å². The minimum absolute atomic E-state index is 0.394. The largest absolute Gasteiger partial charge is 0.465 e. The molecule has 3 aromatic rings. The maximum absolute atomic E-state index is 11.9. The van der Waals surface area contributed by atoms with Crippen LogP contribution in [-0.2, 0) is 4.74 Å². The molecule has 0 spiro atoms. The number of nitrogens with one attached hydrogen (secondary N) is 1. The molecule has 0 aliphatic rings. The van der Waals surface area contributed by atoms with Gasteiger partial charge >= 0.3 is 5.97 Å². The normalized spacial score (nSPS) is 10.4. The van der Waals surface area contributed by atoms with E-state index in [0.29, 0.717) is 17.0 Å². The summed E-state index contributed by atoms with van der Waals surface area (Å²) in [5.74, 6) is 0.211. The second-order valence-electron chi connectivity index (χ2n) is 4.31. The Bertz CT molecular complexity index is 712. The highest BCUT2D eigenvalue weighted by Gasteiger charge is 2.19. The van der Waals surface area contributed by atoms with E-state index >= 15 is 0 Å². The van der Waals surface area contributed by atoms with Crippen LogP contribution >= 0.6 is 0 Å². The van der Waals surface area contributed by atoms with Crippen molar-refractivity contribution in [2.75, 3.05) is 7.11 Å². The van der Waals surface area contributed by atoms with E-state index in [4.69, 9.17) is 9.15 Å². The number of H-pyrrole nitrogens is 1. The van der Waals surface area contributed by atoms with Crippen molar-refractivity contribution in [2.45, 2.75) is 0 Å². The zero-order valence-electron chi connectivity index (χ0n) is 10.9. The molecule has 1 N–H and O–H groups in total. The topological polar surface area (TPSA) is 55.2 Å². The third kappa shape index (κ3) is 2.12. The highest BCUT2D eigenvalue weighted by molar-refractivity contribution is 5.97. The molecule has 100 valence electrons. The molecule has 3 rings (SSSR count). The van der Waals surface area contributed by atoms with Crippen molar-refractivity contribution < 1.29 is 13.9 Å². The van der Waals surface area contributed by atoms with Gasteiger partial charge in [-0.2, -0.15) is 0 Å². The molecule has 2 heterocycles. The van der Waals surface area contributed by atoms with Crippen molar-refractivity contribution in [1.82, 2.24) is 4.98 Å². The molecule has 0 radical (unpaired) electrons. The molecule has 20 heavy (non-hydrogen) atoms. The summed E-state index contributed by atoms with van der Waals surface area (Å²) in [4.78, 5) is 15.1. The number of carbonyl (C=O) groups is 1. The summed E-state index contributed by atoms with van der Waals surface area (Å²) >= 11 is 0. The summed E-state index contributed by atoms with van der Waals surface area (Å²) < 4.78 is 10.2. The van der Waals surface area contributed by atoms with Gasteiger partial charge in [-0.1, -0.05) is 30.3 Å². The van der Waals surface area contributed by atoms with Gasteiger partial charge in [-0.05, 0) is 23.8 Å². The fourth-order valence-electron chi connectivity index (χ4n) is 2.11. The molecule has 0 fully saturated rings. The van der Waals surface area contributed by atoms with Gasteiger partial charge < -0.3 is 14.1 Å². The van der Waals surface area contributed by atoms with Gasteiger partial charge in [0.1, 0.15) is 0 Å². The van der Waals surface area contributed by atoms with Crippen LogP contribution in [0.5, 0.6) is 0 Å². The average Bonchev–Trinajstić information content (AvgIpc) is 3.16. The lowest BCUT2D eigenvalue weighted by atomic mass is 10.1. The molecule has 4 nitrogen and oxygen atoms in total. The average molecular weight is 267 g/mol. The molecule has 0 saturated heterocycles. The number of rotatable bonds is 3. The van der Waals surface area contributed by atoms with Gasteiger partial charge in [0.2, 0.25) is 0 Å². The van der Waals surface area contributed by atoms with E-state index in [9.17, 15) is 4.79 Å². The van der Waals surface area contributed by atoms with Crippen LogP contribution in [-0.4, -0.2) is 18.1 Å². The molecule has 0 amide bonds. The number of benzene rings is 1. The summed E-state index contributed by atoms with van der Waals surface area (Å²) in [6.07, 6.45) is 1.57. The van der Waals surface area contributed by atoms with Crippen molar-refractivity contribution >= 4 is 5.97 Å². The number of hydrogen-bond acceptors (Lipinski definition) is 3. The van der Waals surface area contributed by atoms with Crippen molar-refractivity contribution in [1.29, 1.82) is 0 Å². The maximum atomic E-state index is 11.9. The molecule has 0 bridgehead atoms. The Morgan fingerprint density at radius 2 is 1.95 bits per heavy atom. The highest BCUT2D eigenvalue weighted by atomic mass is 16.5. The van der Waals surface area contributed by atoms with E-state index in [-0.39, 0.29) is 0 Å². The summed E-state index contributed by atoms with van der Waals surface area (Å²) in [5.41, 5.74) is 2.93. The Morgan fingerprint density at radius 1 is 1.15 bits per heavy atom. The van der Waals surface area contributed by atoms with Gasteiger partial charge in [-0.25, -0.2) is 4.79 Å². The van der Waals surface area contributed by atoms with Gasteiger partial charge in [0, 0.05) is 5.69 Å². The lowest BCUT2D eigenvalue weighted by Gasteiger charge is -1.98. The first-order valence-corrected chi connectivity index (χ1v) is 6.20. The van der Waals surface area contributed by atoms with Crippen LogP contribution in [0.2, 0.25) is 0 Å². The van der Waals surface area contributed by atoms with E-state index in [1.54, 1.807) is 24.5 Å². The Morgan fingerprint density at radius 3 is 2.60 bits per heavy atom. The predicted octanol–water partition coefficient (Wildman–Crippen LogP) is 3.73. The number of esters is 1. The molecule has 0 aliphatic carbocycles. The quantitative estimate of drug-likeness (QED) is 0.736. The second kappa shape index (κ2) is 5.09. The number of ether oxygens (including phenoxy) is 1. The summed E-state index contributed by atoms with van der Waals surface area (Å²) in [6, 6.07) is 15.1. The van der Waals surface area contributed by atoms with Crippen molar-refractivity contribution in [3.05, 3.63) is 60.4 Å². The Kier molecular flexibility index (Phi) is 3.13. The fraction of sp³-hybridized carbons (Fsp3) is 0.0625. The van der Waals surface area contributed by atoms with E-state index in [1.165, 1.54) is 7.11 Å². The molecular weight excluding hydrogens is 254 g/mol. The fourth-order valence-corrected chi connectivity index (χ4v) is 2.11. The second-order valence-corrected chi connectivity index (χ2v) is 4.31. The van der Waals surface area contributed by atoms with Crippen LogP contribution in [0.4, 0.5) is 0 Å². The van der Waals surface area contributed by atoms with Gasteiger partial charge in [0.05, 0.1) is 24.6 Å². The Labute approximate surface area is 116 Å². The van der Waals surface area contributed by atoms with Crippen molar-refractivity contribution in [3.63, 3.8) is 0 Å². The molecule has 0 aliphatic heterocycles. The Balaban J connectivity index is 2.14. The third-order valence-electron chi connectivity index (χ3n) is 3.08. The van der Waals surface area contributed by atoms with E-state index in [2.05, 4.69) is 4.98 Å². The summed E-state index contributed by atoms with van der Waals surface area (Å²) in [7, 11) is 1.36. The summed E-state index contributed by atoms with van der Waals surface area (Å²) in [6.45, 7) is 0. The van der Waals surface area contributed by atoms with Crippen LogP contribution in [0.15, 0.2) is 59.2 Å². The van der Waals surface area contributed by atoms with Gasteiger partial charge in [-0.15, -0.1) is 0 Å². The zero-order chi connectivity index (χ0) is 13.9. The van der Waals surface area contributed by atoms with Crippen LogP contribution in [0.1, 0.15) is 10.4 Å². The molecule has 1 aromatic carbocycles. The number of aromatic nitrogens is 1. The van der Waals surface area contributed by atoms with Crippen LogP contribution in [0.3, 0.4) is 0 Å².